The van der Waals surface area contributed by atoms with E-state index >= 15 is 0 Å². The molecule has 0 amide bonds. The largest absolute Gasteiger partial charge is 0.308 e. The van der Waals surface area contributed by atoms with E-state index < -0.39 is 10.0 Å². The summed E-state index contributed by atoms with van der Waals surface area (Å²) in [6.07, 6.45) is 1.12. The summed E-state index contributed by atoms with van der Waals surface area (Å²) >= 11 is 7.47. The van der Waals surface area contributed by atoms with Crippen molar-refractivity contribution in [2.45, 2.75) is 29.5 Å². The number of piperidine rings is 1. The molecule has 9 nitrogen and oxygen atoms in total. The molecule has 5 rings (SSSR count). The zero-order valence-electron chi connectivity index (χ0n) is 16.8. The molecule has 166 valence electrons. The molecule has 0 aliphatic carbocycles. The summed E-state index contributed by atoms with van der Waals surface area (Å²) < 4.78 is 28.9. The Morgan fingerprint density at radius 1 is 1.16 bits per heavy atom. The van der Waals surface area contributed by atoms with Crippen molar-refractivity contribution in [3.63, 3.8) is 0 Å². The van der Waals surface area contributed by atoms with Gasteiger partial charge in [-0.3, -0.25) is 4.79 Å². The monoisotopic (exact) mass is 490 g/mol. The number of halogens is 1. The lowest BCUT2D eigenvalue weighted by Gasteiger charge is -2.30. The highest BCUT2D eigenvalue weighted by Gasteiger charge is 2.31. The van der Waals surface area contributed by atoms with Crippen LogP contribution in [0, 0.1) is 0 Å². The number of aromatic amines is 1. The molecule has 0 saturated carbocycles. The first kappa shape index (κ1) is 21.3. The highest BCUT2D eigenvalue weighted by molar-refractivity contribution is 7.91. The minimum absolute atomic E-state index is 0.0643. The lowest BCUT2D eigenvalue weighted by Crippen LogP contribution is -2.38. The lowest BCUT2D eigenvalue weighted by molar-refractivity contribution is 0.314. The Labute approximate surface area is 192 Å². The van der Waals surface area contributed by atoms with Crippen molar-refractivity contribution < 1.29 is 8.42 Å². The fraction of sp³-hybridized carbons (Fsp3) is 0.300. The van der Waals surface area contributed by atoms with Crippen LogP contribution in [0.1, 0.15) is 30.1 Å². The van der Waals surface area contributed by atoms with Gasteiger partial charge in [0.2, 0.25) is 0 Å². The van der Waals surface area contributed by atoms with E-state index in [9.17, 15) is 13.2 Å². The Balaban J connectivity index is 1.40. The number of H-pyrrole nitrogens is 1. The molecule has 0 spiro atoms. The number of nitrogens with one attached hydrogen (secondary N) is 1. The van der Waals surface area contributed by atoms with Gasteiger partial charge in [-0.25, -0.2) is 18.1 Å². The first-order valence-corrected chi connectivity index (χ1v) is 12.7. The molecule has 0 radical (unpaired) electrons. The summed E-state index contributed by atoms with van der Waals surface area (Å²) in [6.45, 7) is 1.07. The summed E-state index contributed by atoms with van der Waals surface area (Å²) in [7, 11) is -3.48. The number of hydrogen-bond acceptors (Lipinski definition) is 7. The van der Waals surface area contributed by atoms with Crippen LogP contribution in [0.25, 0.3) is 11.2 Å². The van der Waals surface area contributed by atoms with Crippen LogP contribution >= 0.6 is 22.9 Å². The van der Waals surface area contributed by atoms with Crippen LogP contribution in [0.4, 0.5) is 0 Å². The second-order valence-corrected chi connectivity index (χ2v) is 11.1. The molecule has 4 aromatic rings. The minimum Gasteiger partial charge on any atom is -0.308 e. The SMILES string of the molecule is O=c1[nH]c(C2CCN(S(=O)(=O)c3cccs3)CC2)nc2c1nnn2Cc1ccccc1Cl. The third kappa shape index (κ3) is 3.85. The van der Waals surface area contributed by atoms with Crippen LogP contribution < -0.4 is 5.56 Å². The number of rotatable bonds is 5. The molecule has 1 aliphatic heterocycles. The molecule has 1 aromatic carbocycles. The highest BCUT2D eigenvalue weighted by atomic mass is 35.5. The second-order valence-electron chi connectivity index (χ2n) is 7.57. The van der Waals surface area contributed by atoms with Crippen molar-refractivity contribution in [2.24, 2.45) is 0 Å². The van der Waals surface area contributed by atoms with Gasteiger partial charge < -0.3 is 4.98 Å². The van der Waals surface area contributed by atoms with Gasteiger partial charge in [0.05, 0.1) is 6.54 Å². The molecule has 1 N–H and O–H groups in total. The Morgan fingerprint density at radius 3 is 2.66 bits per heavy atom. The van der Waals surface area contributed by atoms with Gasteiger partial charge in [-0.2, -0.15) is 4.31 Å². The van der Waals surface area contributed by atoms with E-state index in [-0.39, 0.29) is 17.0 Å². The first-order chi connectivity index (χ1) is 15.4. The number of aromatic nitrogens is 5. The van der Waals surface area contributed by atoms with Crippen LogP contribution in [0.2, 0.25) is 5.02 Å². The lowest BCUT2D eigenvalue weighted by atomic mass is 9.97. The third-order valence-electron chi connectivity index (χ3n) is 5.60. The zero-order chi connectivity index (χ0) is 22.3. The van der Waals surface area contributed by atoms with Crippen molar-refractivity contribution in [3.8, 4) is 0 Å². The van der Waals surface area contributed by atoms with E-state index in [0.717, 1.165) is 5.56 Å². The van der Waals surface area contributed by atoms with Gasteiger partial charge in [0.25, 0.3) is 15.6 Å². The number of fused-ring (bicyclic) bond motifs is 1. The molecular formula is C20H19ClN6O3S2. The maximum absolute atomic E-state index is 12.8. The molecule has 0 atom stereocenters. The number of sulfonamides is 1. The normalized spacial score (nSPS) is 16.0. The highest BCUT2D eigenvalue weighted by Crippen LogP contribution is 2.30. The fourth-order valence-corrected chi connectivity index (χ4v) is 6.69. The molecule has 4 heterocycles. The quantitative estimate of drug-likeness (QED) is 0.460. The van der Waals surface area contributed by atoms with Gasteiger partial charge in [-0.1, -0.05) is 41.1 Å². The summed E-state index contributed by atoms with van der Waals surface area (Å²) in [4.78, 5) is 20.1. The summed E-state index contributed by atoms with van der Waals surface area (Å²) in [6, 6.07) is 10.7. The van der Waals surface area contributed by atoms with Gasteiger partial charge in [-0.05, 0) is 35.9 Å². The average molecular weight is 491 g/mol. The average Bonchev–Trinajstić information content (AvgIpc) is 3.47. The summed E-state index contributed by atoms with van der Waals surface area (Å²) in [5.74, 6) is 0.462. The van der Waals surface area contributed by atoms with Crippen LogP contribution in [0.5, 0.6) is 0 Å². The molecule has 0 unspecified atom stereocenters. The number of nitrogens with zero attached hydrogens (tertiary/aromatic N) is 5. The van der Waals surface area contributed by atoms with Crippen LogP contribution in [-0.4, -0.2) is 50.8 Å². The van der Waals surface area contributed by atoms with Crippen molar-refractivity contribution in [2.75, 3.05) is 13.1 Å². The van der Waals surface area contributed by atoms with Crippen molar-refractivity contribution in [3.05, 3.63) is 68.5 Å². The third-order valence-corrected chi connectivity index (χ3v) is 9.24. The molecule has 1 aliphatic rings. The summed E-state index contributed by atoms with van der Waals surface area (Å²) in [5.41, 5.74) is 1.04. The topological polar surface area (TPSA) is 114 Å². The molecule has 3 aromatic heterocycles. The maximum Gasteiger partial charge on any atom is 0.281 e. The van der Waals surface area contributed by atoms with E-state index in [2.05, 4.69) is 20.3 Å². The first-order valence-electron chi connectivity index (χ1n) is 10.0. The van der Waals surface area contributed by atoms with E-state index in [1.54, 1.807) is 28.3 Å². The molecule has 32 heavy (non-hydrogen) atoms. The van der Waals surface area contributed by atoms with E-state index in [1.165, 1.54) is 15.6 Å². The molecule has 0 bridgehead atoms. The van der Waals surface area contributed by atoms with E-state index in [1.807, 2.05) is 18.2 Å². The van der Waals surface area contributed by atoms with Gasteiger partial charge in [-0.15, -0.1) is 16.4 Å². The smallest absolute Gasteiger partial charge is 0.281 e. The molecule has 1 saturated heterocycles. The molecular weight excluding hydrogens is 472 g/mol. The van der Waals surface area contributed by atoms with Gasteiger partial charge in [0.15, 0.2) is 11.2 Å². The van der Waals surface area contributed by atoms with E-state index in [0.29, 0.717) is 53.2 Å². The van der Waals surface area contributed by atoms with Crippen LogP contribution in [0.15, 0.2) is 50.8 Å². The Hall–Kier alpha value is -2.60. The Bertz CT molecular complexity index is 1420. The molecule has 12 heteroatoms. The van der Waals surface area contributed by atoms with Gasteiger partial charge in [0, 0.05) is 24.0 Å². The van der Waals surface area contributed by atoms with E-state index in [4.69, 9.17) is 11.6 Å². The predicted octanol–water partition coefficient (Wildman–Crippen LogP) is 2.85. The standard InChI is InChI=1S/C20H19ClN6O3S2/c21-15-5-2-1-4-14(15)12-27-19-17(24-25-27)20(28)23-18(22-19)13-7-9-26(10-8-13)32(29,30)16-6-3-11-31-16/h1-6,11,13H,7-10,12H2,(H,22,23,28). The molecule has 1 fully saturated rings. The zero-order valence-corrected chi connectivity index (χ0v) is 19.2. The minimum atomic E-state index is -3.48. The van der Waals surface area contributed by atoms with Gasteiger partial charge >= 0.3 is 0 Å². The number of thiophene rings is 1. The summed E-state index contributed by atoms with van der Waals surface area (Å²) in [5, 5.41) is 10.4. The Kier molecular flexibility index (Phi) is 5.58. The Morgan fingerprint density at radius 2 is 1.94 bits per heavy atom. The van der Waals surface area contributed by atoms with Crippen molar-refractivity contribution >= 4 is 44.1 Å². The number of hydrogen-bond donors (Lipinski definition) is 1. The maximum atomic E-state index is 12.8. The van der Waals surface area contributed by atoms with Crippen LogP contribution in [0.3, 0.4) is 0 Å². The number of benzene rings is 1. The van der Waals surface area contributed by atoms with Crippen molar-refractivity contribution in [1.82, 2.24) is 29.3 Å². The second kappa shape index (κ2) is 8.39. The van der Waals surface area contributed by atoms with Crippen LogP contribution in [-0.2, 0) is 16.6 Å². The van der Waals surface area contributed by atoms with Gasteiger partial charge in [0.1, 0.15) is 10.0 Å². The fourth-order valence-electron chi connectivity index (χ4n) is 3.88. The van der Waals surface area contributed by atoms with Crippen molar-refractivity contribution in [1.29, 1.82) is 0 Å². The predicted molar refractivity (Wildman–Crippen MR) is 122 cm³/mol.